The van der Waals surface area contributed by atoms with E-state index in [1.54, 1.807) is 4.90 Å². The Kier molecular flexibility index (Phi) is 3.41. The van der Waals surface area contributed by atoms with Gasteiger partial charge in [0, 0.05) is 13.0 Å². The van der Waals surface area contributed by atoms with Gasteiger partial charge < -0.3 is 5.73 Å². The molecule has 0 bridgehead atoms. The molecule has 1 fully saturated rings. The van der Waals surface area contributed by atoms with Gasteiger partial charge >= 0.3 is 0 Å². The van der Waals surface area contributed by atoms with E-state index in [2.05, 4.69) is 25.9 Å². The average molecular weight is 306 g/mol. The van der Waals surface area contributed by atoms with Crippen LogP contribution in [0.1, 0.15) is 6.42 Å². The van der Waals surface area contributed by atoms with Gasteiger partial charge in [-0.2, -0.15) is 0 Å². The van der Waals surface area contributed by atoms with Crippen LogP contribution in [-0.4, -0.2) is 29.0 Å². The molecule has 16 heavy (non-hydrogen) atoms. The number of amides is 1. The van der Waals surface area contributed by atoms with Crippen molar-refractivity contribution in [3.8, 4) is 0 Å². The first-order chi connectivity index (χ1) is 7.61. The molecule has 0 aromatic carbocycles. The highest BCUT2D eigenvalue weighted by atomic mass is 79.9. The van der Waals surface area contributed by atoms with Crippen LogP contribution in [-0.2, 0) is 4.79 Å². The van der Waals surface area contributed by atoms with Crippen molar-refractivity contribution in [2.75, 3.05) is 18.0 Å². The Balaban J connectivity index is 2.28. The molecule has 0 aliphatic carbocycles. The van der Waals surface area contributed by atoms with Gasteiger partial charge in [-0.3, -0.25) is 9.69 Å². The van der Waals surface area contributed by atoms with Gasteiger partial charge in [0.1, 0.15) is 4.60 Å². The highest BCUT2D eigenvalue weighted by molar-refractivity contribution is 9.10. The fourth-order valence-corrected chi connectivity index (χ4v) is 2.29. The molecule has 2 rings (SSSR count). The lowest BCUT2D eigenvalue weighted by molar-refractivity contribution is -0.117. The molecule has 1 aromatic rings. The number of nitrogens with two attached hydrogens (primary N) is 1. The van der Waals surface area contributed by atoms with Gasteiger partial charge in [0.25, 0.3) is 0 Å². The van der Waals surface area contributed by atoms with Crippen LogP contribution in [0.25, 0.3) is 0 Å². The van der Waals surface area contributed by atoms with Crippen LogP contribution >= 0.6 is 27.5 Å². The van der Waals surface area contributed by atoms with Gasteiger partial charge in [0.05, 0.1) is 6.20 Å². The molecule has 0 saturated carbocycles. The number of anilines is 1. The Hall–Kier alpha value is -0.720. The number of aromatic nitrogens is 2. The minimum absolute atomic E-state index is 0.00558. The Labute approximate surface area is 106 Å². The number of nitrogens with zero attached hydrogens (tertiary/aromatic N) is 3. The molecule has 0 radical (unpaired) electrons. The summed E-state index contributed by atoms with van der Waals surface area (Å²) in [6.07, 6.45) is 1.97. The van der Waals surface area contributed by atoms with Crippen molar-refractivity contribution in [2.24, 2.45) is 11.7 Å². The maximum absolute atomic E-state index is 11.7. The number of carbonyl (C=O) groups excluding carboxylic acids is 1. The van der Waals surface area contributed by atoms with E-state index < -0.39 is 0 Å². The minimum atomic E-state index is -0.00558. The van der Waals surface area contributed by atoms with Crippen LogP contribution in [0.4, 0.5) is 5.82 Å². The van der Waals surface area contributed by atoms with Gasteiger partial charge in [-0.25, -0.2) is 9.97 Å². The fraction of sp³-hybridized carbons (Fsp3) is 0.444. The summed E-state index contributed by atoms with van der Waals surface area (Å²) in [7, 11) is 0. The van der Waals surface area contributed by atoms with Crippen LogP contribution in [0.15, 0.2) is 10.8 Å². The summed E-state index contributed by atoms with van der Waals surface area (Å²) in [5.74, 6) is 0.578. The van der Waals surface area contributed by atoms with E-state index in [0.717, 1.165) is 0 Å². The topological polar surface area (TPSA) is 72.1 Å². The third-order valence-electron chi connectivity index (χ3n) is 2.48. The van der Waals surface area contributed by atoms with Gasteiger partial charge in [-0.1, -0.05) is 11.6 Å². The van der Waals surface area contributed by atoms with Crippen LogP contribution in [0.5, 0.6) is 0 Å². The number of hydrogen-bond donors (Lipinski definition) is 1. The number of carbonyl (C=O) groups is 1. The fourth-order valence-electron chi connectivity index (χ4n) is 1.67. The summed E-state index contributed by atoms with van der Waals surface area (Å²) in [5.41, 5.74) is 5.54. The molecule has 1 aromatic heterocycles. The Morgan fingerprint density at radius 3 is 3.00 bits per heavy atom. The summed E-state index contributed by atoms with van der Waals surface area (Å²) in [4.78, 5) is 21.4. The van der Waals surface area contributed by atoms with Gasteiger partial charge in [0.2, 0.25) is 5.91 Å². The van der Waals surface area contributed by atoms with Crippen LogP contribution in [0, 0.1) is 5.92 Å². The first kappa shape index (κ1) is 11.8. The van der Waals surface area contributed by atoms with Crippen LogP contribution in [0.3, 0.4) is 0 Å². The van der Waals surface area contributed by atoms with Gasteiger partial charge in [-0.15, -0.1) is 0 Å². The van der Waals surface area contributed by atoms with E-state index in [-0.39, 0.29) is 17.0 Å². The van der Waals surface area contributed by atoms with E-state index in [1.807, 2.05) is 0 Å². The van der Waals surface area contributed by atoms with Gasteiger partial charge in [-0.05, 0) is 28.4 Å². The van der Waals surface area contributed by atoms with Crippen molar-refractivity contribution >= 4 is 39.3 Å². The van der Waals surface area contributed by atoms with Crippen molar-refractivity contribution in [2.45, 2.75) is 6.42 Å². The van der Waals surface area contributed by atoms with Crippen molar-refractivity contribution in [1.29, 1.82) is 0 Å². The lowest BCUT2D eigenvalue weighted by Crippen LogP contribution is -2.27. The second-order valence-corrected chi connectivity index (χ2v) is 4.79. The standard InChI is InChI=1S/C9H10BrClN4O/c10-6-3-13-9(8(11)14-6)15-4-5(2-12)1-7(15)16/h3,5H,1-2,4,12H2. The molecule has 1 atom stereocenters. The largest absolute Gasteiger partial charge is 0.330 e. The second kappa shape index (κ2) is 4.65. The molecule has 1 aliphatic rings. The molecule has 1 unspecified atom stereocenters. The highest BCUT2D eigenvalue weighted by Crippen LogP contribution is 2.28. The van der Waals surface area contributed by atoms with E-state index in [9.17, 15) is 4.79 Å². The first-order valence-electron chi connectivity index (χ1n) is 4.80. The molecule has 2 heterocycles. The lowest BCUT2D eigenvalue weighted by atomic mass is 10.1. The molecule has 5 nitrogen and oxygen atoms in total. The van der Waals surface area contributed by atoms with Crippen LogP contribution in [0.2, 0.25) is 5.15 Å². The molecule has 86 valence electrons. The van der Waals surface area contributed by atoms with E-state index in [0.29, 0.717) is 29.9 Å². The summed E-state index contributed by atoms with van der Waals surface area (Å²) in [6, 6.07) is 0. The maximum Gasteiger partial charge on any atom is 0.228 e. The predicted molar refractivity (Wildman–Crippen MR) is 64.3 cm³/mol. The number of halogens is 2. The number of hydrogen-bond acceptors (Lipinski definition) is 4. The molecule has 1 amide bonds. The second-order valence-electron chi connectivity index (χ2n) is 3.62. The Morgan fingerprint density at radius 1 is 1.69 bits per heavy atom. The molecule has 2 N–H and O–H groups in total. The third-order valence-corrected chi connectivity index (χ3v) is 3.11. The zero-order chi connectivity index (χ0) is 11.7. The highest BCUT2D eigenvalue weighted by Gasteiger charge is 2.31. The Bertz CT molecular complexity index is 428. The van der Waals surface area contributed by atoms with Crippen molar-refractivity contribution < 1.29 is 4.79 Å². The molecule has 1 saturated heterocycles. The first-order valence-corrected chi connectivity index (χ1v) is 5.97. The summed E-state index contributed by atoms with van der Waals surface area (Å²) < 4.78 is 0.545. The zero-order valence-corrected chi connectivity index (χ0v) is 10.7. The van der Waals surface area contributed by atoms with E-state index >= 15 is 0 Å². The quantitative estimate of drug-likeness (QED) is 0.891. The smallest absolute Gasteiger partial charge is 0.228 e. The molecule has 0 spiro atoms. The van der Waals surface area contributed by atoms with Crippen molar-refractivity contribution in [3.05, 3.63) is 16.0 Å². The maximum atomic E-state index is 11.7. The van der Waals surface area contributed by atoms with E-state index in [1.165, 1.54) is 6.20 Å². The summed E-state index contributed by atoms with van der Waals surface area (Å²) in [5, 5.41) is 0.223. The van der Waals surface area contributed by atoms with Crippen molar-refractivity contribution in [3.63, 3.8) is 0 Å². The minimum Gasteiger partial charge on any atom is -0.330 e. The van der Waals surface area contributed by atoms with Crippen molar-refractivity contribution in [1.82, 2.24) is 9.97 Å². The predicted octanol–water partition coefficient (Wildman–Crippen LogP) is 1.20. The van der Waals surface area contributed by atoms with E-state index in [4.69, 9.17) is 17.3 Å². The van der Waals surface area contributed by atoms with Gasteiger partial charge in [0.15, 0.2) is 11.0 Å². The number of rotatable bonds is 2. The summed E-state index contributed by atoms with van der Waals surface area (Å²) >= 11 is 9.10. The average Bonchev–Trinajstić information content (AvgIpc) is 2.60. The summed E-state index contributed by atoms with van der Waals surface area (Å²) in [6.45, 7) is 1.05. The molecule has 1 aliphatic heterocycles. The normalized spacial score (nSPS) is 20.6. The third kappa shape index (κ3) is 2.18. The molecular weight excluding hydrogens is 295 g/mol. The van der Waals surface area contributed by atoms with Crippen LogP contribution < -0.4 is 10.6 Å². The SMILES string of the molecule is NCC1CC(=O)N(c2ncc(Br)nc2Cl)C1. The monoisotopic (exact) mass is 304 g/mol. The molecular formula is C9H10BrClN4O. The zero-order valence-electron chi connectivity index (χ0n) is 8.36. The Morgan fingerprint density at radius 2 is 2.44 bits per heavy atom. The lowest BCUT2D eigenvalue weighted by Gasteiger charge is -2.15. The molecule has 7 heteroatoms.